The van der Waals surface area contributed by atoms with Crippen molar-refractivity contribution < 1.29 is 18.7 Å². The Morgan fingerprint density at radius 1 is 1.19 bits per heavy atom. The van der Waals surface area contributed by atoms with E-state index >= 15 is 0 Å². The van der Waals surface area contributed by atoms with Crippen molar-refractivity contribution in [2.24, 2.45) is 0 Å². The molecule has 2 N–H and O–H groups in total. The maximum atomic E-state index is 13.9. The summed E-state index contributed by atoms with van der Waals surface area (Å²) in [5.74, 6) is -1.30. The maximum absolute atomic E-state index is 13.9. The molecule has 5 nitrogen and oxygen atoms in total. The van der Waals surface area contributed by atoms with Crippen LogP contribution in [0.15, 0.2) is 42.5 Å². The molecule has 2 amide bonds. The SMILES string of the molecule is O=C(Cc1c(F)cccc1Cl)Nc1ccccc1C(=O)NC[C@H]1CCCO1. The van der Waals surface area contributed by atoms with E-state index in [1.54, 1.807) is 24.3 Å². The van der Waals surface area contributed by atoms with E-state index in [9.17, 15) is 14.0 Å². The fraction of sp³-hybridized carbons (Fsp3) is 0.300. The predicted molar refractivity (Wildman–Crippen MR) is 101 cm³/mol. The fourth-order valence-electron chi connectivity index (χ4n) is 2.95. The van der Waals surface area contributed by atoms with Gasteiger partial charge in [-0.1, -0.05) is 29.8 Å². The highest BCUT2D eigenvalue weighted by molar-refractivity contribution is 6.31. The molecule has 0 spiro atoms. The second-order valence-electron chi connectivity index (χ2n) is 6.32. The molecule has 3 rings (SSSR count). The highest BCUT2D eigenvalue weighted by Gasteiger charge is 2.19. The Morgan fingerprint density at radius 2 is 2.00 bits per heavy atom. The number of ether oxygens (including phenoxy) is 1. The van der Waals surface area contributed by atoms with Gasteiger partial charge < -0.3 is 15.4 Å². The second-order valence-corrected chi connectivity index (χ2v) is 6.72. The lowest BCUT2D eigenvalue weighted by Crippen LogP contribution is -2.32. The number of anilines is 1. The lowest BCUT2D eigenvalue weighted by molar-refractivity contribution is -0.115. The summed E-state index contributed by atoms with van der Waals surface area (Å²) in [6.07, 6.45) is 1.71. The normalized spacial score (nSPS) is 16.1. The standard InChI is InChI=1S/C20H20ClFN2O3/c21-16-7-3-8-17(22)15(16)11-19(25)24-18-9-2-1-6-14(18)20(26)23-12-13-5-4-10-27-13/h1-3,6-9,13H,4-5,10-12H2,(H,23,26)(H,24,25)/t13-/m1/s1. The van der Waals surface area contributed by atoms with Crippen LogP contribution < -0.4 is 10.6 Å². The highest BCUT2D eigenvalue weighted by atomic mass is 35.5. The Morgan fingerprint density at radius 3 is 2.74 bits per heavy atom. The van der Waals surface area contributed by atoms with Crippen LogP contribution in [0.1, 0.15) is 28.8 Å². The molecule has 0 unspecified atom stereocenters. The van der Waals surface area contributed by atoms with E-state index in [0.29, 0.717) is 24.4 Å². The summed E-state index contributed by atoms with van der Waals surface area (Å²) in [6.45, 7) is 1.14. The second kappa shape index (κ2) is 8.97. The number of nitrogens with one attached hydrogen (secondary N) is 2. The molecule has 0 bridgehead atoms. The monoisotopic (exact) mass is 390 g/mol. The molecule has 1 aliphatic heterocycles. The van der Waals surface area contributed by atoms with Crippen LogP contribution in [0.5, 0.6) is 0 Å². The first kappa shape index (κ1) is 19.3. The van der Waals surface area contributed by atoms with Crippen molar-refractivity contribution in [2.45, 2.75) is 25.4 Å². The number of halogens is 2. The van der Waals surface area contributed by atoms with Gasteiger partial charge in [0.1, 0.15) is 5.82 Å². The predicted octanol–water partition coefficient (Wildman–Crippen LogP) is 3.57. The number of amides is 2. The third-order valence-electron chi connectivity index (χ3n) is 4.36. The summed E-state index contributed by atoms with van der Waals surface area (Å²) in [5.41, 5.74) is 0.820. The van der Waals surface area contributed by atoms with Crippen molar-refractivity contribution in [3.8, 4) is 0 Å². The molecule has 0 aliphatic carbocycles. The molecule has 1 fully saturated rings. The number of rotatable bonds is 6. The molecule has 7 heteroatoms. The van der Waals surface area contributed by atoms with E-state index < -0.39 is 11.7 Å². The van der Waals surface area contributed by atoms with Crippen molar-refractivity contribution in [1.29, 1.82) is 0 Å². The van der Waals surface area contributed by atoms with E-state index in [1.807, 2.05) is 0 Å². The Labute approximate surface area is 161 Å². The summed E-state index contributed by atoms with van der Waals surface area (Å²) in [6, 6.07) is 10.9. The Hall–Kier alpha value is -2.44. The molecule has 2 aromatic rings. The zero-order valence-electron chi connectivity index (χ0n) is 14.6. The topological polar surface area (TPSA) is 67.4 Å². The van der Waals surface area contributed by atoms with Crippen molar-refractivity contribution in [2.75, 3.05) is 18.5 Å². The largest absolute Gasteiger partial charge is 0.376 e. The highest BCUT2D eigenvalue weighted by Crippen LogP contribution is 2.21. The molecule has 2 aromatic carbocycles. The van der Waals surface area contributed by atoms with Crippen LogP contribution in [0.25, 0.3) is 0 Å². The van der Waals surface area contributed by atoms with Gasteiger partial charge in [0.25, 0.3) is 5.91 Å². The van der Waals surface area contributed by atoms with Gasteiger partial charge >= 0.3 is 0 Å². The molecule has 1 aliphatic rings. The average molecular weight is 391 g/mol. The van der Waals surface area contributed by atoms with Crippen molar-refractivity contribution in [3.05, 3.63) is 64.4 Å². The molecule has 27 heavy (non-hydrogen) atoms. The van der Waals surface area contributed by atoms with Crippen molar-refractivity contribution >= 4 is 29.1 Å². The van der Waals surface area contributed by atoms with Gasteiger partial charge in [0.05, 0.1) is 23.8 Å². The minimum atomic E-state index is -0.541. The van der Waals surface area contributed by atoms with Crippen LogP contribution in [-0.4, -0.2) is 31.1 Å². The van der Waals surface area contributed by atoms with E-state index in [4.69, 9.17) is 16.3 Å². The van der Waals surface area contributed by atoms with Gasteiger partial charge in [0.2, 0.25) is 5.91 Å². The molecular formula is C20H20ClFN2O3. The molecule has 1 heterocycles. The summed E-state index contributed by atoms with van der Waals surface area (Å²) in [4.78, 5) is 24.8. The van der Waals surface area contributed by atoms with Gasteiger partial charge in [-0.2, -0.15) is 0 Å². The fourth-order valence-corrected chi connectivity index (χ4v) is 3.18. The number of hydrogen-bond acceptors (Lipinski definition) is 3. The van der Waals surface area contributed by atoms with Crippen LogP contribution in [0.4, 0.5) is 10.1 Å². The summed E-state index contributed by atoms with van der Waals surface area (Å²) in [5, 5.41) is 5.68. The van der Waals surface area contributed by atoms with Gasteiger partial charge in [-0.3, -0.25) is 9.59 Å². The van der Waals surface area contributed by atoms with Gasteiger partial charge in [0.15, 0.2) is 0 Å². The smallest absolute Gasteiger partial charge is 0.253 e. The number of benzene rings is 2. The third-order valence-corrected chi connectivity index (χ3v) is 4.71. The van der Waals surface area contributed by atoms with Gasteiger partial charge in [-0.05, 0) is 37.1 Å². The third kappa shape index (κ3) is 5.05. The van der Waals surface area contributed by atoms with E-state index in [0.717, 1.165) is 12.8 Å². The minimum Gasteiger partial charge on any atom is -0.376 e. The van der Waals surface area contributed by atoms with Crippen LogP contribution in [0, 0.1) is 5.82 Å². The number of para-hydroxylation sites is 1. The van der Waals surface area contributed by atoms with Crippen LogP contribution in [-0.2, 0) is 16.0 Å². The zero-order valence-corrected chi connectivity index (χ0v) is 15.4. The first-order valence-corrected chi connectivity index (χ1v) is 9.14. The quantitative estimate of drug-likeness (QED) is 0.792. The first-order chi connectivity index (χ1) is 13.0. The van der Waals surface area contributed by atoms with Gasteiger partial charge in [0, 0.05) is 23.7 Å². The Kier molecular flexibility index (Phi) is 6.42. The van der Waals surface area contributed by atoms with E-state index in [-0.39, 0.29) is 29.0 Å². The molecule has 1 atom stereocenters. The molecule has 142 valence electrons. The maximum Gasteiger partial charge on any atom is 0.253 e. The molecular weight excluding hydrogens is 371 g/mol. The lowest BCUT2D eigenvalue weighted by Gasteiger charge is -2.14. The van der Waals surface area contributed by atoms with E-state index in [1.165, 1.54) is 18.2 Å². The van der Waals surface area contributed by atoms with Crippen LogP contribution >= 0.6 is 11.6 Å². The van der Waals surface area contributed by atoms with Crippen molar-refractivity contribution in [1.82, 2.24) is 5.32 Å². The molecule has 0 radical (unpaired) electrons. The summed E-state index contributed by atoms with van der Waals surface area (Å²) < 4.78 is 19.4. The van der Waals surface area contributed by atoms with Crippen LogP contribution in [0.3, 0.4) is 0 Å². The Bertz CT molecular complexity index is 817. The lowest BCUT2D eigenvalue weighted by atomic mass is 10.1. The van der Waals surface area contributed by atoms with E-state index in [2.05, 4.69) is 10.6 Å². The molecule has 1 saturated heterocycles. The average Bonchev–Trinajstić information content (AvgIpc) is 3.17. The number of carbonyl (C=O) groups excluding carboxylic acids is 2. The van der Waals surface area contributed by atoms with Gasteiger partial charge in [-0.25, -0.2) is 4.39 Å². The van der Waals surface area contributed by atoms with Crippen molar-refractivity contribution in [3.63, 3.8) is 0 Å². The minimum absolute atomic E-state index is 0.0268. The Balaban J connectivity index is 1.66. The number of carbonyl (C=O) groups is 2. The van der Waals surface area contributed by atoms with Gasteiger partial charge in [-0.15, -0.1) is 0 Å². The summed E-state index contributed by atoms with van der Waals surface area (Å²) in [7, 11) is 0. The molecule has 0 saturated carbocycles. The zero-order chi connectivity index (χ0) is 19.2. The number of hydrogen-bond donors (Lipinski definition) is 2. The first-order valence-electron chi connectivity index (χ1n) is 8.76. The summed E-state index contributed by atoms with van der Waals surface area (Å²) >= 11 is 5.97. The van der Waals surface area contributed by atoms with Crippen LogP contribution in [0.2, 0.25) is 5.02 Å². The molecule has 0 aromatic heterocycles.